The summed E-state index contributed by atoms with van der Waals surface area (Å²) < 4.78 is 13.0. The van der Waals surface area contributed by atoms with E-state index in [4.69, 9.17) is 0 Å². The number of hydrogen-bond acceptors (Lipinski definition) is 4. The Kier molecular flexibility index (Phi) is 5.07. The highest BCUT2D eigenvalue weighted by molar-refractivity contribution is 5.99. The minimum atomic E-state index is -0.643. The normalized spacial score (nSPS) is 17.5. The van der Waals surface area contributed by atoms with Gasteiger partial charge in [0.15, 0.2) is 0 Å². The highest BCUT2D eigenvalue weighted by Crippen LogP contribution is 2.44. The molecule has 2 saturated carbocycles. The van der Waals surface area contributed by atoms with Crippen LogP contribution in [0, 0.1) is 11.9 Å². The first-order chi connectivity index (χ1) is 13.5. The molecule has 2 aromatic rings. The predicted octanol–water partition coefficient (Wildman–Crippen LogP) is 3.80. The van der Waals surface area contributed by atoms with Crippen molar-refractivity contribution in [1.82, 2.24) is 9.97 Å². The summed E-state index contributed by atoms with van der Waals surface area (Å²) in [6, 6.07) is 6.30. The second-order valence-corrected chi connectivity index (χ2v) is 7.72. The first-order valence-corrected chi connectivity index (χ1v) is 9.74. The van der Waals surface area contributed by atoms with Gasteiger partial charge in [-0.15, -0.1) is 0 Å². The van der Waals surface area contributed by atoms with E-state index in [2.05, 4.69) is 20.6 Å². The van der Waals surface area contributed by atoms with Crippen LogP contribution in [0.5, 0.6) is 0 Å². The third-order valence-electron chi connectivity index (χ3n) is 5.69. The number of aromatic nitrogens is 2. The van der Waals surface area contributed by atoms with Crippen LogP contribution in [-0.4, -0.2) is 21.8 Å². The van der Waals surface area contributed by atoms with Crippen LogP contribution in [0.4, 0.5) is 15.9 Å². The van der Waals surface area contributed by atoms with Gasteiger partial charge in [-0.2, -0.15) is 4.39 Å². The molecule has 0 aliphatic heterocycles. The molecule has 2 amide bonds. The molecule has 0 bridgehead atoms. The molecular formula is C21H23FN4O2. The molecule has 146 valence electrons. The predicted molar refractivity (Wildman–Crippen MR) is 103 cm³/mol. The van der Waals surface area contributed by atoms with Gasteiger partial charge in [-0.25, -0.2) is 9.97 Å². The number of nitrogens with one attached hydrogen (secondary N) is 2. The molecule has 28 heavy (non-hydrogen) atoms. The van der Waals surface area contributed by atoms with Crippen molar-refractivity contribution >= 4 is 23.3 Å². The minimum Gasteiger partial charge on any atom is -0.324 e. The number of pyridine rings is 2. The van der Waals surface area contributed by atoms with E-state index in [1.54, 1.807) is 12.3 Å². The Morgan fingerprint density at radius 1 is 1.07 bits per heavy atom. The summed E-state index contributed by atoms with van der Waals surface area (Å²) in [5.41, 5.74) is 0.642. The fraction of sp³-hybridized carbons (Fsp3) is 0.429. The van der Waals surface area contributed by atoms with Crippen molar-refractivity contribution in [3.8, 4) is 0 Å². The van der Waals surface area contributed by atoms with E-state index in [-0.39, 0.29) is 11.8 Å². The Morgan fingerprint density at radius 3 is 2.46 bits per heavy atom. The summed E-state index contributed by atoms with van der Waals surface area (Å²) in [5, 5.41) is 5.64. The molecule has 2 aliphatic carbocycles. The molecule has 2 heterocycles. The first-order valence-electron chi connectivity index (χ1n) is 9.74. The van der Waals surface area contributed by atoms with E-state index in [0.717, 1.165) is 37.2 Å². The van der Waals surface area contributed by atoms with Gasteiger partial charge in [0.25, 0.3) is 0 Å². The second kappa shape index (κ2) is 7.66. The van der Waals surface area contributed by atoms with Crippen LogP contribution in [0.3, 0.4) is 0 Å². The van der Waals surface area contributed by atoms with Crippen molar-refractivity contribution in [2.24, 2.45) is 5.92 Å². The number of halogens is 1. The molecule has 0 radical (unpaired) electrons. The monoisotopic (exact) mass is 382 g/mol. The molecule has 2 N–H and O–H groups in total. The third kappa shape index (κ3) is 4.03. The average molecular weight is 382 g/mol. The third-order valence-corrected chi connectivity index (χ3v) is 5.69. The lowest BCUT2D eigenvalue weighted by molar-refractivity contribution is -0.124. The molecule has 0 spiro atoms. The van der Waals surface area contributed by atoms with Gasteiger partial charge < -0.3 is 10.6 Å². The molecule has 6 nitrogen and oxygen atoms in total. The molecule has 2 aromatic heterocycles. The molecule has 7 heteroatoms. The molecule has 0 unspecified atom stereocenters. The molecule has 2 fully saturated rings. The smallest absolute Gasteiger partial charge is 0.235 e. The Hall–Kier alpha value is -2.83. The van der Waals surface area contributed by atoms with Crippen LogP contribution in [0.2, 0.25) is 0 Å². The lowest BCUT2D eigenvalue weighted by Gasteiger charge is -2.40. The van der Waals surface area contributed by atoms with Crippen molar-refractivity contribution in [3.05, 3.63) is 48.2 Å². The van der Waals surface area contributed by atoms with E-state index in [1.165, 1.54) is 31.2 Å². The zero-order valence-electron chi connectivity index (χ0n) is 15.6. The van der Waals surface area contributed by atoms with Crippen LogP contribution in [0.15, 0.2) is 36.7 Å². The van der Waals surface area contributed by atoms with Gasteiger partial charge >= 0.3 is 0 Å². The summed E-state index contributed by atoms with van der Waals surface area (Å²) in [4.78, 5) is 32.8. The molecular weight excluding hydrogens is 359 g/mol. The fourth-order valence-corrected chi connectivity index (χ4v) is 3.58. The molecule has 0 saturated heterocycles. The maximum Gasteiger partial charge on any atom is 0.235 e. The minimum absolute atomic E-state index is 0.0212. The van der Waals surface area contributed by atoms with Crippen LogP contribution in [0.1, 0.15) is 50.5 Å². The Morgan fingerprint density at radius 2 is 1.89 bits per heavy atom. The zero-order chi connectivity index (χ0) is 19.6. The number of rotatable bonds is 7. The highest BCUT2D eigenvalue weighted by atomic mass is 19.1. The van der Waals surface area contributed by atoms with Crippen molar-refractivity contribution in [2.45, 2.75) is 50.4 Å². The van der Waals surface area contributed by atoms with Gasteiger partial charge in [0.2, 0.25) is 17.8 Å². The first kappa shape index (κ1) is 18.5. The van der Waals surface area contributed by atoms with Gasteiger partial charge in [-0.3, -0.25) is 9.59 Å². The van der Waals surface area contributed by atoms with Crippen LogP contribution in [-0.2, 0) is 15.0 Å². The van der Waals surface area contributed by atoms with Crippen molar-refractivity contribution in [1.29, 1.82) is 0 Å². The van der Waals surface area contributed by atoms with E-state index in [1.807, 2.05) is 6.07 Å². The number of carbonyl (C=O) groups is 2. The van der Waals surface area contributed by atoms with E-state index in [0.29, 0.717) is 17.9 Å². The summed E-state index contributed by atoms with van der Waals surface area (Å²) >= 11 is 0. The Balaban J connectivity index is 1.41. The van der Waals surface area contributed by atoms with Gasteiger partial charge in [-0.1, -0.05) is 25.3 Å². The number of hydrogen-bond donors (Lipinski definition) is 2. The largest absolute Gasteiger partial charge is 0.324 e. The summed E-state index contributed by atoms with van der Waals surface area (Å²) in [5.74, 6) is 0.467. The summed E-state index contributed by atoms with van der Waals surface area (Å²) in [6.07, 6.45) is 9.30. The number of nitrogens with zero attached hydrogens (tertiary/aromatic N) is 2. The lowest BCUT2D eigenvalue weighted by Crippen LogP contribution is -2.46. The average Bonchev–Trinajstić information content (AvgIpc) is 3.47. The molecule has 4 rings (SSSR count). The summed E-state index contributed by atoms with van der Waals surface area (Å²) in [6.45, 7) is 0. The highest BCUT2D eigenvalue weighted by Gasteiger charge is 2.46. The van der Waals surface area contributed by atoms with Crippen LogP contribution < -0.4 is 10.6 Å². The van der Waals surface area contributed by atoms with E-state index < -0.39 is 11.4 Å². The van der Waals surface area contributed by atoms with E-state index in [9.17, 15) is 14.0 Å². The fourth-order valence-electron chi connectivity index (χ4n) is 3.58. The summed E-state index contributed by atoms with van der Waals surface area (Å²) in [7, 11) is 0. The van der Waals surface area contributed by atoms with Gasteiger partial charge in [0.1, 0.15) is 5.82 Å². The van der Waals surface area contributed by atoms with Crippen LogP contribution in [0.25, 0.3) is 0 Å². The van der Waals surface area contributed by atoms with Gasteiger partial charge in [0, 0.05) is 12.6 Å². The number of carbonyl (C=O) groups excluding carboxylic acids is 2. The van der Waals surface area contributed by atoms with Crippen molar-refractivity contribution < 1.29 is 14.0 Å². The topological polar surface area (TPSA) is 84.0 Å². The molecule has 0 atom stereocenters. The quantitative estimate of drug-likeness (QED) is 0.714. The van der Waals surface area contributed by atoms with Crippen molar-refractivity contribution in [2.75, 3.05) is 10.6 Å². The maximum atomic E-state index is 13.0. The number of anilines is 2. The Bertz CT molecular complexity index is 859. The number of amides is 2. The van der Waals surface area contributed by atoms with Crippen LogP contribution >= 0.6 is 0 Å². The Labute approximate surface area is 163 Å². The standard InChI is InChI=1S/C21H23FN4O2/c22-17-7-6-16(13-23-17)25-20(28)21(10-1-11-21)15-5-8-18(24-12-15)26-19(27)9-4-14-2-3-14/h5-8,12-14H,1-4,9-11H2,(H,25,28)(H,24,26,27). The van der Waals surface area contributed by atoms with Gasteiger partial charge in [-0.05, 0) is 48.9 Å². The SMILES string of the molecule is O=C(CCC1CC1)Nc1ccc(C2(C(=O)Nc3ccc(F)nc3)CCC2)cn1. The van der Waals surface area contributed by atoms with E-state index >= 15 is 0 Å². The zero-order valence-corrected chi connectivity index (χ0v) is 15.6. The second-order valence-electron chi connectivity index (χ2n) is 7.72. The maximum absolute atomic E-state index is 13.0. The lowest BCUT2D eigenvalue weighted by atomic mass is 9.64. The van der Waals surface area contributed by atoms with Crippen molar-refractivity contribution in [3.63, 3.8) is 0 Å². The molecule has 2 aliphatic rings. The van der Waals surface area contributed by atoms with Gasteiger partial charge in [0.05, 0.1) is 17.3 Å². The molecule has 0 aromatic carbocycles.